The van der Waals surface area contributed by atoms with Gasteiger partial charge in [-0.15, -0.1) is 10.2 Å². The zero-order chi connectivity index (χ0) is 26.5. The SMILES string of the molecule is Cc1ccc(S(=O)(=O)O)cc1.Cc1ccc(S(=O)(=O)O)cc1.Clc1ccc(N2C[C@@H]3C[C@H]2CN3)nn1. The molecule has 0 amide bonds. The number of fused-ring (bicyclic) bond motifs is 2. The number of hydrogen-bond donors (Lipinski definition) is 3. The zero-order valence-electron chi connectivity index (χ0n) is 19.6. The first-order valence-corrected chi connectivity index (χ1v) is 14.2. The van der Waals surface area contributed by atoms with Gasteiger partial charge in [0.2, 0.25) is 0 Å². The normalized spacial score (nSPS) is 18.6. The lowest BCUT2D eigenvalue weighted by atomic mass is 10.2. The predicted octanol–water partition coefficient (Wildman–Crippen LogP) is 3.16. The topological polar surface area (TPSA) is 150 Å². The van der Waals surface area contributed by atoms with Crippen LogP contribution in [0.15, 0.2) is 70.5 Å². The highest BCUT2D eigenvalue weighted by molar-refractivity contribution is 7.86. The Morgan fingerprint density at radius 1 is 0.833 bits per heavy atom. The summed E-state index contributed by atoms with van der Waals surface area (Å²) in [7, 11) is -8.04. The number of rotatable bonds is 3. The molecule has 3 aromatic rings. The van der Waals surface area contributed by atoms with Crippen molar-refractivity contribution >= 4 is 37.7 Å². The Morgan fingerprint density at radius 2 is 1.33 bits per heavy atom. The maximum atomic E-state index is 10.5. The van der Waals surface area contributed by atoms with Gasteiger partial charge in [-0.2, -0.15) is 16.8 Å². The molecule has 3 heterocycles. The van der Waals surface area contributed by atoms with Crippen molar-refractivity contribution in [3.05, 3.63) is 76.9 Å². The van der Waals surface area contributed by atoms with Gasteiger partial charge in [0, 0.05) is 25.2 Å². The van der Waals surface area contributed by atoms with Gasteiger partial charge in [-0.3, -0.25) is 9.11 Å². The maximum absolute atomic E-state index is 10.5. The number of hydrogen-bond acceptors (Lipinski definition) is 8. The van der Waals surface area contributed by atoms with Crippen LogP contribution in [0.25, 0.3) is 0 Å². The van der Waals surface area contributed by atoms with E-state index in [1.807, 2.05) is 19.9 Å². The summed E-state index contributed by atoms with van der Waals surface area (Å²) in [5.74, 6) is 0.948. The molecule has 0 aliphatic carbocycles. The van der Waals surface area contributed by atoms with E-state index in [0.29, 0.717) is 17.2 Å². The fourth-order valence-corrected chi connectivity index (χ4v) is 4.78. The number of aromatic nitrogens is 2. The molecule has 2 aromatic carbocycles. The third kappa shape index (κ3) is 7.95. The molecule has 0 unspecified atom stereocenters. The highest BCUT2D eigenvalue weighted by atomic mass is 35.5. The number of aryl methyl sites for hydroxylation is 2. The second-order valence-electron chi connectivity index (χ2n) is 8.44. The van der Waals surface area contributed by atoms with E-state index in [-0.39, 0.29) is 9.79 Å². The highest BCUT2D eigenvalue weighted by Crippen LogP contribution is 2.27. The molecule has 10 nitrogen and oxygen atoms in total. The van der Waals surface area contributed by atoms with Crippen molar-refractivity contribution in [3.8, 4) is 0 Å². The van der Waals surface area contributed by atoms with Gasteiger partial charge in [0.25, 0.3) is 20.2 Å². The van der Waals surface area contributed by atoms with Crippen LogP contribution in [0, 0.1) is 13.8 Å². The van der Waals surface area contributed by atoms with Gasteiger partial charge in [0.1, 0.15) is 0 Å². The van der Waals surface area contributed by atoms with Crippen molar-refractivity contribution < 1.29 is 25.9 Å². The first-order chi connectivity index (χ1) is 16.8. The van der Waals surface area contributed by atoms with Crippen LogP contribution in [0.5, 0.6) is 0 Å². The molecule has 2 bridgehead atoms. The Kier molecular flexibility index (Phi) is 9.03. The Hall–Kier alpha value is -2.61. The fraction of sp³-hybridized carbons (Fsp3) is 0.304. The van der Waals surface area contributed by atoms with Crippen LogP contribution in [0.1, 0.15) is 17.5 Å². The van der Waals surface area contributed by atoms with Crippen molar-refractivity contribution in [2.45, 2.75) is 42.1 Å². The van der Waals surface area contributed by atoms with Gasteiger partial charge in [0.05, 0.1) is 9.79 Å². The highest BCUT2D eigenvalue weighted by Gasteiger charge is 2.38. The van der Waals surface area contributed by atoms with Gasteiger partial charge in [-0.1, -0.05) is 47.0 Å². The van der Waals surface area contributed by atoms with E-state index in [9.17, 15) is 16.8 Å². The molecule has 2 fully saturated rings. The molecule has 0 radical (unpaired) electrons. The maximum Gasteiger partial charge on any atom is 0.294 e. The standard InChI is InChI=1S/C9H11ClN4.2C7H8O3S/c10-8-1-2-9(13-12-8)14-5-6-3-7(14)4-11-6;2*1-6-2-4-7(5-3-6)11(8,9)10/h1-2,6-7,11H,3-5H2;2*2-5H,1H3,(H,8,9,10)/t6-,7-;;/m0../s1. The molecule has 2 saturated heterocycles. The Labute approximate surface area is 215 Å². The molecule has 5 rings (SSSR count). The van der Waals surface area contributed by atoms with Gasteiger partial charge in [0.15, 0.2) is 11.0 Å². The Balaban J connectivity index is 0.000000153. The minimum absolute atomic E-state index is 0.0666. The number of nitrogens with zero attached hydrogens (tertiary/aromatic N) is 3. The van der Waals surface area contributed by atoms with Crippen molar-refractivity contribution in [1.29, 1.82) is 0 Å². The van der Waals surface area contributed by atoms with Gasteiger partial charge >= 0.3 is 0 Å². The molecule has 2 aliphatic heterocycles. The number of benzene rings is 2. The Morgan fingerprint density at radius 3 is 1.67 bits per heavy atom. The molecular weight excluding hydrogens is 528 g/mol. The lowest BCUT2D eigenvalue weighted by Gasteiger charge is -2.27. The van der Waals surface area contributed by atoms with Gasteiger partial charge < -0.3 is 10.2 Å². The van der Waals surface area contributed by atoms with Gasteiger partial charge in [-0.25, -0.2) is 0 Å². The summed E-state index contributed by atoms with van der Waals surface area (Å²) in [5.41, 5.74) is 1.91. The molecule has 1 aromatic heterocycles. The summed E-state index contributed by atoms with van der Waals surface area (Å²) in [6.45, 7) is 5.79. The minimum atomic E-state index is -4.02. The smallest absolute Gasteiger partial charge is 0.294 e. The van der Waals surface area contributed by atoms with E-state index in [1.54, 1.807) is 30.3 Å². The second-order valence-corrected chi connectivity index (χ2v) is 11.7. The van der Waals surface area contributed by atoms with Crippen LogP contribution in [0.3, 0.4) is 0 Å². The monoisotopic (exact) mass is 554 g/mol. The number of piperazine rings is 1. The summed E-state index contributed by atoms with van der Waals surface area (Å²) < 4.78 is 59.1. The van der Waals surface area contributed by atoms with E-state index in [4.69, 9.17) is 20.7 Å². The molecule has 13 heteroatoms. The molecule has 3 N–H and O–H groups in total. The quantitative estimate of drug-likeness (QED) is 0.412. The largest absolute Gasteiger partial charge is 0.349 e. The molecular formula is C23H27ClN4O6S2. The van der Waals surface area contributed by atoms with E-state index < -0.39 is 20.2 Å². The van der Waals surface area contributed by atoms with Crippen LogP contribution in [0.4, 0.5) is 5.82 Å². The predicted molar refractivity (Wildman–Crippen MR) is 137 cm³/mol. The molecule has 0 saturated carbocycles. The average Bonchev–Trinajstić information content (AvgIpc) is 3.44. The third-order valence-corrected chi connectivity index (χ3v) is 7.54. The molecule has 0 spiro atoms. The van der Waals surface area contributed by atoms with Crippen LogP contribution < -0.4 is 10.2 Å². The summed E-state index contributed by atoms with van der Waals surface area (Å²) in [6, 6.07) is 16.9. The summed E-state index contributed by atoms with van der Waals surface area (Å²) in [4.78, 5) is 2.18. The van der Waals surface area contributed by atoms with Gasteiger partial charge in [-0.05, 0) is 56.7 Å². The Bertz CT molecular complexity index is 1290. The van der Waals surface area contributed by atoms with Crippen LogP contribution >= 0.6 is 11.6 Å². The summed E-state index contributed by atoms with van der Waals surface area (Å²) >= 11 is 5.69. The third-order valence-electron chi connectivity index (χ3n) is 5.61. The van der Waals surface area contributed by atoms with Crippen LogP contribution in [0.2, 0.25) is 5.15 Å². The molecule has 2 atom stereocenters. The lowest BCUT2D eigenvalue weighted by Crippen LogP contribution is -2.44. The average molecular weight is 555 g/mol. The summed E-state index contributed by atoms with van der Waals surface area (Å²) in [6.07, 6.45) is 1.23. The van der Waals surface area contributed by atoms with Crippen LogP contribution in [-0.2, 0) is 20.2 Å². The number of halogens is 1. The van der Waals surface area contributed by atoms with Crippen molar-refractivity contribution in [3.63, 3.8) is 0 Å². The van der Waals surface area contributed by atoms with Crippen LogP contribution in [-0.4, -0.2) is 61.3 Å². The van der Waals surface area contributed by atoms with E-state index in [2.05, 4.69) is 20.4 Å². The fourth-order valence-electron chi connectivity index (χ4n) is 3.72. The molecule has 36 heavy (non-hydrogen) atoms. The zero-order valence-corrected chi connectivity index (χ0v) is 22.0. The van der Waals surface area contributed by atoms with E-state index >= 15 is 0 Å². The van der Waals surface area contributed by atoms with E-state index in [1.165, 1.54) is 30.7 Å². The van der Waals surface area contributed by atoms with Crippen molar-refractivity contribution in [2.24, 2.45) is 0 Å². The second kappa shape index (κ2) is 11.6. The number of anilines is 1. The molecule has 2 aliphatic rings. The van der Waals surface area contributed by atoms with Crippen molar-refractivity contribution in [1.82, 2.24) is 15.5 Å². The summed E-state index contributed by atoms with van der Waals surface area (Å²) in [5, 5.41) is 11.9. The molecule has 194 valence electrons. The van der Waals surface area contributed by atoms with Crippen molar-refractivity contribution in [2.75, 3.05) is 18.0 Å². The number of nitrogens with one attached hydrogen (secondary N) is 1. The minimum Gasteiger partial charge on any atom is -0.349 e. The lowest BCUT2D eigenvalue weighted by molar-refractivity contribution is 0.481. The van der Waals surface area contributed by atoms with E-state index in [0.717, 1.165) is 30.0 Å². The first kappa shape index (κ1) is 28.0. The first-order valence-electron chi connectivity index (χ1n) is 10.9.